The summed E-state index contributed by atoms with van der Waals surface area (Å²) < 4.78 is 38.8. The molecule has 0 spiro atoms. The third-order valence-electron chi connectivity index (χ3n) is 5.20. The number of halogens is 4. The first-order chi connectivity index (χ1) is 13.4. The quantitative estimate of drug-likeness (QED) is 0.356. The number of aromatic nitrogens is 1. The van der Waals surface area contributed by atoms with Crippen molar-refractivity contribution in [2.75, 3.05) is 39.3 Å². The maximum atomic E-state index is 12.9. The Bertz CT molecular complexity index is 764. The number of hydrogen-bond donors (Lipinski definition) is 2. The van der Waals surface area contributed by atoms with Gasteiger partial charge in [-0.15, -0.1) is 24.0 Å². The van der Waals surface area contributed by atoms with Crippen LogP contribution >= 0.6 is 24.0 Å². The van der Waals surface area contributed by atoms with E-state index < -0.39 is 12.2 Å². The minimum atomic E-state index is -4.18. The van der Waals surface area contributed by atoms with Gasteiger partial charge in [-0.05, 0) is 31.4 Å². The summed E-state index contributed by atoms with van der Waals surface area (Å²) >= 11 is 0. The van der Waals surface area contributed by atoms with Gasteiger partial charge in [-0.1, -0.05) is 18.2 Å². The predicted octanol–water partition coefficient (Wildman–Crippen LogP) is 3.86. The lowest BCUT2D eigenvalue weighted by molar-refractivity contribution is -0.181. The highest BCUT2D eigenvalue weighted by Gasteiger charge is 2.41. The fraction of sp³-hybridized carbons (Fsp3) is 0.550. The molecule has 29 heavy (non-hydrogen) atoms. The van der Waals surface area contributed by atoms with E-state index in [0.717, 1.165) is 30.1 Å². The summed E-state index contributed by atoms with van der Waals surface area (Å²) in [6.07, 6.45) is -3.39. The summed E-state index contributed by atoms with van der Waals surface area (Å²) in [4.78, 5) is 11.6. The van der Waals surface area contributed by atoms with Gasteiger partial charge in [0.2, 0.25) is 0 Å². The highest BCUT2D eigenvalue weighted by molar-refractivity contribution is 14.0. The topological polar surface area (TPSA) is 46.7 Å². The fourth-order valence-corrected chi connectivity index (χ4v) is 3.50. The van der Waals surface area contributed by atoms with Crippen LogP contribution in [0.1, 0.15) is 19.5 Å². The Balaban J connectivity index is 0.00000300. The number of rotatable bonds is 5. The number of piperazine rings is 1. The second-order valence-electron chi connectivity index (χ2n) is 7.11. The Kier molecular flexibility index (Phi) is 8.62. The van der Waals surface area contributed by atoms with E-state index in [0.29, 0.717) is 32.7 Å². The summed E-state index contributed by atoms with van der Waals surface area (Å²) in [7, 11) is 0. The molecule has 0 amide bonds. The van der Waals surface area contributed by atoms with Crippen LogP contribution in [0.5, 0.6) is 0 Å². The van der Waals surface area contributed by atoms with Gasteiger partial charge >= 0.3 is 6.18 Å². The zero-order chi connectivity index (χ0) is 20.1. The molecule has 9 heteroatoms. The molecule has 1 atom stereocenters. The molecule has 1 fully saturated rings. The zero-order valence-corrected chi connectivity index (χ0v) is 19.1. The van der Waals surface area contributed by atoms with Crippen molar-refractivity contribution in [3.63, 3.8) is 0 Å². The van der Waals surface area contributed by atoms with Crippen LogP contribution in [0, 0.1) is 0 Å². The summed E-state index contributed by atoms with van der Waals surface area (Å²) in [6, 6.07) is 8.87. The van der Waals surface area contributed by atoms with Gasteiger partial charge in [-0.2, -0.15) is 13.2 Å². The Hall–Kier alpha value is -1.49. The number of aromatic amines is 1. The predicted molar refractivity (Wildman–Crippen MR) is 122 cm³/mol. The summed E-state index contributed by atoms with van der Waals surface area (Å²) in [5, 5.41) is 4.45. The average molecular weight is 523 g/mol. The molecule has 0 aliphatic carbocycles. The summed E-state index contributed by atoms with van der Waals surface area (Å²) in [6.45, 7) is 6.42. The minimum absolute atomic E-state index is 0. The van der Waals surface area contributed by atoms with Gasteiger partial charge in [0.25, 0.3) is 0 Å². The van der Waals surface area contributed by atoms with Crippen molar-refractivity contribution in [2.24, 2.45) is 4.99 Å². The Morgan fingerprint density at radius 3 is 2.52 bits per heavy atom. The molecule has 2 aromatic rings. The molecule has 0 saturated carbocycles. The number of nitrogens with zero attached hydrogens (tertiary/aromatic N) is 3. The first-order valence-corrected chi connectivity index (χ1v) is 9.79. The first-order valence-electron chi connectivity index (χ1n) is 9.79. The lowest BCUT2D eigenvalue weighted by Gasteiger charge is -2.39. The monoisotopic (exact) mass is 523 g/mol. The summed E-state index contributed by atoms with van der Waals surface area (Å²) in [5.74, 6) is 0.776. The number of fused-ring (bicyclic) bond motifs is 1. The van der Waals surface area contributed by atoms with Gasteiger partial charge in [0.1, 0.15) is 6.04 Å². The number of hydrogen-bond acceptors (Lipinski definition) is 2. The standard InChI is InChI=1S/C20H28F3N5.HI/c1-3-24-19(28-12-10-27(11-13-28)15(2)20(21,22)23)25-9-8-17-14-16-6-4-5-7-18(16)26-17;/h4-7,14-15,26H,3,8-13H2,1-2H3,(H,24,25);1H. The van der Waals surface area contributed by atoms with Gasteiger partial charge in [0.05, 0.1) is 0 Å². The van der Waals surface area contributed by atoms with E-state index in [1.54, 1.807) is 0 Å². The lowest BCUT2D eigenvalue weighted by Crippen LogP contribution is -2.56. The first kappa shape index (κ1) is 23.8. The third kappa shape index (κ3) is 6.24. The fourth-order valence-electron chi connectivity index (χ4n) is 3.50. The molecule has 1 aromatic heterocycles. The largest absolute Gasteiger partial charge is 0.403 e. The lowest BCUT2D eigenvalue weighted by atomic mass is 10.2. The molecule has 3 rings (SSSR count). The van der Waals surface area contributed by atoms with Crippen LogP contribution in [0.2, 0.25) is 0 Å². The molecule has 1 unspecified atom stereocenters. The Labute approximate surface area is 186 Å². The van der Waals surface area contributed by atoms with Crippen molar-refractivity contribution >= 4 is 40.8 Å². The van der Waals surface area contributed by atoms with Crippen LogP contribution < -0.4 is 5.32 Å². The molecule has 1 aliphatic rings. The zero-order valence-electron chi connectivity index (χ0n) is 16.8. The number of alkyl halides is 3. The van der Waals surface area contributed by atoms with Crippen LogP contribution in [0.4, 0.5) is 13.2 Å². The van der Waals surface area contributed by atoms with E-state index in [-0.39, 0.29) is 24.0 Å². The number of nitrogens with one attached hydrogen (secondary N) is 2. The van der Waals surface area contributed by atoms with E-state index in [1.807, 2.05) is 30.0 Å². The average Bonchev–Trinajstić information content (AvgIpc) is 3.09. The number of benzene rings is 1. The smallest absolute Gasteiger partial charge is 0.358 e. The number of H-pyrrole nitrogens is 1. The molecular formula is C20H29F3IN5. The van der Waals surface area contributed by atoms with Crippen LogP contribution in [-0.4, -0.2) is 72.2 Å². The van der Waals surface area contributed by atoms with Gasteiger partial charge < -0.3 is 15.2 Å². The number of aliphatic imine (C=N–C) groups is 1. The Morgan fingerprint density at radius 2 is 1.90 bits per heavy atom. The molecule has 1 saturated heterocycles. The van der Waals surface area contributed by atoms with Crippen molar-refractivity contribution in [1.29, 1.82) is 0 Å². The van der Waals surface area contributed by atoms with E-state index >= 15 is 0 Å². The van der Waals surface area contributed by atoms with Crippen molar-refractivity contribution in [2.45, 2.75) is 32.5 Å². The molecule has 2 N–H and O–H groups in total. The van der Waals surface area contributed by atoms with Crippen molar-refractivity contribution in [3.05, 3.63) is 36.0 Å². The van der Waals surface area contributed by atoms with Crippen molar-refractivity contribution in [1.82, 2.24) is 20.1 Å². The molecule has 0 bridgehead atoms. The van der Waals surface area contributed by atoms with Crippen molar-refractivity contribution < 1.29 is 13.2 Å². The van der Waals surface area contributed by atoms with Crippen LogP contribution in [-0.2, 0) is 6.42 Å². The van der Waals surface area contributed by atoms with E-state index in [4.69, 9.17) is 4.99 Å². The molecule has 2 heterocycles. The van der Waals surface area contributed by atoms with Gasteiger partial charge in [0, 0.05) is 56.9 Å². The van der Waals surface area contributed by atoms with E-state index in [1.165, 1.54) is 17.2 Å². The SMILES string of the molecule is CCNC(=NCCc1cc2ccccc2[nH]1)N1CCN(C(C)C(F)(F)F)CC1.I. The maximum Gasteiger partial charge on any atom is 0.403 e. The molecule has 1 aliphatic heterocycles. The second-order valence-corrected chi connectivity index (χ2v) is 7.11. The van der Waals surface area contributed by atoms with Crippen molar-refractivity contribution in [3.8, 4) is 0 Å². The van der Waals surface area contributed by atoms with Crippen LogP contribution in [0.25, 0.3) is 10.9 Å². The van der Waals surface area contributed by atoms with Crippen LogP contribution in [0.15, 0.2) is 35.3 Å². The Morgan fingerprint density at radius 1 is 1.21 bits per heavy atom. The molecule has 1 aromatic carbocycles. The third-order valence-corrected chi connectivity index (χ3v) is 5.20. The number of guanidine groups is 1. The van der Waals surface area contributed by atoms with E-state index in [2.05, 4.69) is 22.4 Å². The van der Waals surface area contributed by atoms with Gasteiger partial charge in [-0.3, -0.25) is 9.89 Å². The minimum Gasteiger partial charge on any atom is -0.358 e. The molecule has 0 radical (unpaired) electrons. The molecule has 162 valence electrons. The molecule has 5 nitrogen and oxygen atoms in total. The molecular weight excluding hydrogens is 494 g/mol. The van der Waals surface area contributed by atoms with E-state index in [9.17, 15) is 13.2 Å². The second kappa shape index (κ2) is 10.5. The maximum absolute atomic E-state index is 12.9. The summed E-state index contributed by atoms with van der Waals surface area (Å²) in [5.41, 5.74) is 2.24. The van der Waals surface area contributed by atoms with Gasteiger partial charge in [0.15, 0.2) is 5.96 Å². The normalized spacial score (nSPS) is 17.3. The number of para-hydroxylation sites is 1. The van der Waals surface area contributed by atoms with Gasteiger partial charge in [-0.25, -0.2) is 0 Å². The highest BCUT2D eigenvalue weighted by Crippen LogP contribution is 2.25. The van der Waals surface area contributed by atoms with Crippen LogP contribution in [0.3, 0.4) is 0 Å². The highest BCUT2D eigenvalue weighted by atomic mass is 127.